The topological polar surface area (TPSA) is 59.8 Å². The number of benzene rings is 2. The van der Waals surface area contributed by atoms with E-state index in [1.807, 2.05) is 0 Å². The zero-order chi connectivity index (χ0) is 19.4. The maximum atomic E-state index is 13.2. The Hall–Kier alpha value is -3.42. The molecule has 0 bridgehead atoms. The van der Waals surface area contributed by atoms with E-state index in [0.29, 0.717) is 15.9 Å². The summed E-state index contributed by atoms with van der Waals surface area (Å²) in [7, 11) is 0. The maximum absolute atomic E-state index is 13.2. The lowest BCUT2D eigenvalue weighted by Crippen LogP contribution is -2.20. The highest BCUT2D eigenvalue weighted by Gasteiger charge is 2.15. The molecule has 1 heterocycles. The molecule has 0 aliphatic heterocycles. The summed E-state index contributed by atoms with van der Waals surface area (Å²) >= 11 is 0. The molecule has 27 heavy (non-hydrogen) atoms. The molecule has 0 unspecified atom stereocenters. The van der Waals surface area contributed by atoms with Gasteiger partial charge in [0.2, 0.25) is 5.91 Å². The molecular weight excluding hydrogens is 357 g/mol. The number of aromatic nitrogens is 3. The predicted molar refractivity (Wildman–Crippen MR) is 94.1 cm³/mol. The van der Waals surface area contributed by atoms with Crippen molar-refractivity contribution in [3.8, 4) is 22.4 Å². The number of carbonyl (C=O) groups excluding carboxylic acids is 1. The predicted octanol–water partition coefficient (Wildman–Crippen LogP) is 3.95. The molecule has 3 rings (SSSR count). The van der Waals surface area contributed by atoms with Crippen molar-refractivity contribution >= 4 is 5.91 Å². The van der Waals surface area contributed by atoms with Crippen LogP contribution in [-0.4, -0.2) is 20.9 Å². The van der Waals surface area contributed by atoms with Crippen molar-refractivity contribution in [1.29, 1.82) is 0 Å². The van der Waals surface area contributed by atoms with Crippen molar-refractivity contribution in [1.82, 2.24) is 20.3 Å². The Labute approximate surface area is 153 Å². The lowest BCUT2D eigenvalue weighted by Gasteiger charge is -2.11. The number of hydrogen-bond donors (Lipinski definition) is 1. The van der Waals surface area contributed by atoms with Gasteiger partial charge in [-0.15, -0.1) is 9.90 Å². The summed E-state index contributed by atoms with van der Waals surface area (Å²) in [6.07, 6.45) is 2.37. The van der Waals surface area contributed by atoms with Gasteiger partial charge >= 0.3 is 6.55 Å². The van der Waals surface area contributed by atoms with E-state index in [2.05, 4.69) is 22.1 Å². The quantitative estimate of drug-likeness (QED) is 0.667. The molecule has 0 atom stereocenters. The first-order chi connectivity index (χ1) is 13.0. The zero-order valence-electron chi connectivity index (χ0n) is 14.1. The summed E-state index contributed by atoms with van der Waals surface area (Å²) in [5.74, 6) is -0.720. The summed E-state index contributed by atoms with van der Waals surface area (Å²) < 4.78 is 38.8. The molecular formula is C19H15F3N4O. The van der Waals surface area contributed by atoms with Gasteiger partial charge in [-0.05, 0) is 41.0 Å². The van der Waals surface area contributed by atoms with Gasteiger partial charge in [0.25, 0.3) is 0 Å². The van der Waals surface area contributed by atoms with Gasteiger partial charge in [-0.25, -0.2) is 4.39 Å². The normalized spacial score (nSPS) is 10.8. The molecule has 5 nitrogen and oxygen atoms in total. The third-order valence-electron chi connectivity index (χ3n) is 3.88. The summed E-state index contributed by atoms with van der Waals surface area (Å²) in [5.41, 5.74) is 2.93. The van der Waals surface area contributed by atoms with Crippen molar-refractivity contribution in [2.45, 2.75) is 13.1 Å². The van der Waals surface area contributed by atoms with Crippen LogP contribution >= 0.6 is 0 Å². The van der Waals surface area contributed by atoms with E-state index in [4.69, 9.17) is 0 Å². The molecule has 0 radical (unpaired) electrons. The molecule has 1 amide bonds. The molecule has 1 N–H and O–H groups in total. The lowest BCUT2D eigenvalue weighted by atomic mass is 9.97. The third kappa shape index (κ3) is 4.22. The Morgan fingerprint density at radius 3 is 2.52 bits per heavy atom. The fraction of sp³-hybridized carbons (Fsp3) is 0.105. The largest absolute Gasteiger partial charge is 0.348 e. The molecule has 3 aromatic rings. The zero-order valence-corrected chi connectivity index (χ0v) is 14.1. The molecule has 0 fully saturated rings. The fourth-order valence-corrected chi connectivity index (χ4v) is 2.54. The smallest absolute Gasteiger partial charge is 0.348 e. The van der Waals surface area contributed by atoms with Gasteiger partial charge < -0.3 is 5.32 Å². The number of hydrogen-bond acceptors (Lipinski definition) is 3. The van der Waals surface area contributed by atoms with Crippen molar-refractivity contribution in [3.63, 3.8) is 0 Å². The summed E-state index contributed by atoms with van der Waals surface area (Å²) in [4.78, 5) is 11.8. The molecule has 8 heteroatoms. The third-order valence-corrected chi connectivity index (χ3v) is 3.88. The van der Waals surface area contributed by atoms with Crippen LogP contribution in [0, 0.1) is 5.82 Å². The van der Waals surface area contributed by atoms with Crippen LogP contribution in [0.5, 0.6) is 0 Å². The first kappa shape index (κ1) is 18.4. The van der Waals surface area contributed by atoms with Crippen LogP contribution < -0.4 is 5.32 Å². The van der Waals surface area contributed by atoms with E-state index >= 15 is 0 Å². The second kappa shape index (κ2) is 7.86. The van der Waals surface area contributed by atoms with Gasteiger partial charge in [0.15, 0.2) is 0 Å². The Balaban J connectivity index is 2.03. The van der Waals surface area contributed by atoms with E-state index in [0.717, 1.165) is 17.2 Å². The van der Waals surface area contributed by atoms with Crippen molar-refractivity contribution in [3.05, 3.63) is 72.7 Å². The van der Waals surface area contributed by atoms with E-state index in [9.17, 15) is 18.0 Å². The summed E-state index contributed by atoms with van der Waals surface area (Å²) in [6.45, 7) is 0.685. The van der Waals surface area contributed by atoms with Crippen molar-refractivity contribution in [2.24, 2.45) is 0 Å². The number of carbonyl (C=O) groups is 1. The SMILES string of the molecule is C=CC(=O)NCc1ccc(-c2ccc(F)cc2)cc1-c1cnn(C(F)F)n1. The van der Waals surface area contributed by atoms with Crippen molar-refractivity contribution < 1.29 is 18.0 Å². The van der Waals surface area contributed by atoms with Crippen LogP contribution in [-0.2, 0) is 11.3 Å². The Morgan fingerprint density at radius 1 is 1.19 bits per heavy atom. The molecule has 2 aromatic carbocycles. The first-order valence-electron chi connectivity index (χ1n) is 7.97. The van der Waals surface area contributed by atoms with Gasteiger partial charge in [-0.2, -0.15) is 13.9 Å². The highest BCUT2D eigenvalue weighted by atomic mass is 19.3. The van der Waals surface area contributed by atoms with Crippen molar-refractivity contribution in [2.75, 3.05) is 0 Å². The van der Waals surface area contributed by atoms with Crippen LogP contribution in [0.2, 0.25) is 0 Å². The Morgan fingerprint density at radius 2 is 1.89 bits per heavy atom. The average molecular weight is 372 g/mol. The average Bonchev–Trinajstić information content (AvgIpc) is 3.17. The minimum atomic E-state index is -2.86. The molecule has 0 saturated heterocycles. The molecule has 1 aromatic heterocycles. The second-order valence-electron chi connectivity index (χ2n) is 5.63. The number of nitrogens with one attached hydrogen (secondary N) is 1. The second-order valence-corrected chi connectivity index (χ2v) is 5.63. The highest BCUT2D eigenvalue weighted by molar-refractivity contribution is 5.87. The van der Waals surface area contributed by atoms with E-state index < -0.39 is 6.55 Å². The Kier molecular flexibility index (Phi) is 5.35. The van der Waals surface area contributed by atoms with Crippen LogP contribution in [0.15, 0.2) is 61.3 Å². The number of rotatable bonds is 6. The monoisotopic (exact) mass is 372 g/mol. The number of nitrogens with zero attached hydrogens (tertiary/aromatic N) is 3. The van der Waals surface area contributed by atoms with Gasteiger partial charge in [-0.1, -0.05) is 30.8 Å². The van der Waals surface area contributed by atoms with Gasteiger partial charge in [0.05, 0.1) is 6.20 Å². The minimum absolute atomic E-state index is 0.158. The summed E-state index contributed by atoms with van der Waals surface area (Å²) in [6, 6.07) is 11.2. The number of halogens is 3. The molecule has 0 aliphatic rings. The van der Waals surface area contributed by atoms with E-state index in [1.54, 1.807) is 30.3 Å². The first-order valence-corrected chi connectivity index (χ1v) is 7.97. The molecule has 0 spiro atoms. The van der Waals surface area contributed by atoms with E-state index in [1.165, 1.54) is 18.3 Å². The highest BCUT2D eigenvalue weighted by Crippen LogP contribution is 2.29. The van der Waals surface area contributed by atoms with Gasteiger partial charge in [0, 0.05) is 12.1 Å². The molecule has 0 aliphatic carbocycles. The van der Waals surface area contributed by atoms with Gasteiger partial charge in [0.1, 0.15) is 11.5 Å². The van der Waals surface area contributed by atoms with Crippen LogP contribution in [0.1, 0.15) is 12.1 Å². The fourth-order valence-electron chi connectivity index (χ4n) is 2.54. The lowest BCUT2D eigenvalue weighted by molar-refractivity contribution is -0.116. The molecule has 0 saturated carbocycles. The van der Waals surface area contributed by atoms with Crippen LogP contribution in [0.3, 0.4) is 0 Å². The van der Waals surface area contributed by atoms with Crippen LogP contribution in [0.25, 0.3) is 22.4 Å². The Bertz CT molecular complexity index is 967. The number of amides is 1. The van der Waals surface area contributed by atoms with E-state index in [-0.39, 0.29) is 24.0 Å². The van der Waals surface area contributed by atoms with Crippen LogP contribution in [0.4, 0.5) is 13.2 Å². The molecule has 138 valence electrons. The van der Waals surface area contributed by atoms with Gasteiger partial charge in [-0.3, -0.25) is 4.79 Å². The summed E-state index contributed by atoms with van der Waals surface area (Å²) in [5, 5.41) is 10.0. The minimum Gasteiger partial charge on any atom is -0.348 e. The maximum Gasteiger partial charge on any atom is 0.348 e. The standard InChI is InChI=1S/C19H15F3N4O/c1-2-18(27)23-10-14-4-3-13(12-5-7-15(20)8-6-12)9-16(14)17-11-24-26(25-17)19(21)22/h2-9,11,19H,1,10H2,(H,23,27). The number of alkyl halides is 2.